The van der Waals surface area contributed by atoms with Crippen LogP contribution < -0.4 is 10.6 Å². The third kappa shape index (κ3) is 2.11. The van der Waals surface area contributed by atoms with Crippen molar-refractivity contribution in [2.75, 3.05) is 6.61 Å². The first-order valence-electron chi connectivity index (χ1n) is 5.08. The molecule has 1 heterocycles. The van der Waals surface area contributed by atoms with Gasteiger partial charge in [0.15, 0.2) is 0 Å². The van der Waals surface area contributed by atoms with Crippen LogP contribution in [-0.2, 0) is 4.74 Å². The maximum absolute atomic E-state index is 11.5. The van der Waals surface area contributed by atoms with Crippen LogP contribution in [0, 0.1) is 0 Å². The molecule has 0 N–H and O–H groups in total. The van der Waals surface area contributed by atoms with Crippen LogP contribution in [0.25, 0.3) is 6.20 Å². The lowest BCUT2D eigenvalue weighted by Crippen LogP contribution is -2.28. The molecule has 0 saturated carbocycles. The number of rotatable bonds is 1. The summed E-state index contributed by atoms with van der Waals surface area (Å²) in [4.78, 5) is 17.1. The molecule has 1 aromatic rings. The highest BCUT2D eigenvalue weighted by molar-refractivity contribution is 5.74. The summed E-state index contributed by atoms with van der Waals surface area (Å²) in [6.07, 6.45) is 4.48. The fraction of sp³-hybridized carbons (Fsp3) is 0.167. The molecule has 82 valence electrons. The summed E-state index contributed by atoms with van der Waals surface area (Å²) in [5.41, 5.74) is 0. The van der Waals surface area contributed by atoms with Crippen molar-refractivity contribution in [3.8, 4) is 0 Å². The van der Waals surface area contributed by atoms with E-state index in [-0.39, 0.29) is 0 Å². The molecule has 4 heteroatoms. The summed E-state index contributed by atoms with van der Waals surface area (Å²) in [6.45, 7) is 2.13. The predicted octanol–water partition coefficient (Wildman–Crippen LogP) is 0.988. The fourth-order valence-corrected chi connectivity index (χ4v) is 1.40. The van der Waals surface area contributed by atoms with E-state index < -0.39 is 6.09 Å². The van der Waals surface area contributed by atoms with E-state index in [9.17, 15) is 4.79 Å². The van der Waals surface area contributed by atoms with Crippen LogP contribution in [0.4, 0.5) is 4.79 Å². The molecule has 1 aliphatic rings. The van der Waals surface area contributed by atoms with Crippen LogP contribution in [0.5, 0.6) is 0 Å². The lowest BCUT2D eigenvalue weighted by atomic mass is 10.3. The second-order valence-corrected chi connectivity index (χ2v) is 3.22. The van der Waals surface area contributed by atoms with Gasteiger partial charge in [0, 0.05) is 23.8 Å². The molecule has 0 bridgehead atoms. The standard InChI is InChI=1S/C12H12N2O2/c1-2-16-12(15)14-8-7-13-11-6-4-3-5-10(11)9-14/h3-9H,2H2,1H3. The molecule has 16 heavy (non-hydrogen) atoms. The van der Waals surface area contributed by atoms with E-state index in [1.54, 1.807) is 25.5 Å². The van der Waals surface area contributed by atoms with E-state index in [2.05, 4.69) is 4.99 Å². The Morgan fingerprint density at radius 1 is 1.44 bits per heavy atom. The highest BCUT2D eigenvalue weighted by Gasteiger charge is 2.09. The number of carbonyl (C=O) groups excluding carboxylic acids is 1. The summed E-state index contributed by atoms with van der Waals surface area (Å²) in [6, 6.07) is 7.60. The monoisotopic (exact) mass is 216 g/mol. The van der Waals surface area contributed by atoms with Gasteiger partial charge in [-0.2, -0.15) is 0 Å². The molecule has 4 nitrogen and oxygen atoms in total. The second-order valence-electron chi connectivity index (χ2n) is 3.22. The SMILES string of the molecule is CCOC(=O)N1C=CN=c2ccccc2=C1. The normalized spacial score (nSPS) is 13.2. The molecule has 1 aliphatic heterocycles. The van der Waals surface area contributed by atoms with Crippen molar-refractivity contribution in [2.45, 2.75) is 6.92 Å². The Kier molecular flexibility index (Phi) is 3.00. The number of fused-ring (bicyclic) bond motifs is 1. The van der Waals surface area contributed by atoms with Crippen molar-refractivity contribution < 1.29 is 9.53 Å². The zero-order valence-electron chi connectivity index (χ0n) is 8.96. The van der Waals surface area contributed by atoms with Crippen molar-refractivity contribution in [3.63, 3.8) is 0 Å². The van der Waals surface area contributed by atoms with Gasteiger partial charge in [-0.05, 0) is 13.0 Å². The van der Waals surface area contributed by atoms with E-state index in [0.29, 0.717) is 6.61 Å². The lowest BCUT2D eigenvalue weighted by molar-refractivity contribution is 0.136. The molecular weight excluding hydrogens is 204 g/mol. The Morgan fingerprint density at radius 3 is 3.06 bits per heavy atom. The Balaban J connectivity index is 2.41. The number of nitrogens with zero attached hydrogens (tertiary/aromatic N) is 2. The predicted molar refractivity (Wildman–Crippen MR) is 59.7 cm³/mol. The molecule has 0 radical (unpaired) electrons. The molecule has 0 fully saturated rings. The van der Waals surface area contributed by atoms with Gasteiger partial charge in [-0.1, -0.05) is 18.2 Å². The summed E-state index contributed by atoms with van der Waals surface area (Å²) < 4.78 is 4.91. The Bertz CT molecular complexity index is 534. The van der Waals surface area contributed by atoms with Crippen LogP contribution in [0.1, 0.15) is 6.92 Å². The van der Waals surface area contributed by atoms with Crippen molar-refractivity contribution in [1.29, 1.82) is 0 Å². The van der Waals surface area contributed by atoms with E-state index in [1.165, 1.54) is 4.90 Å². The number of hydrogen-bond acceptors (Lipinski definition) is 3. The van der Waals surface area contributed by atoms with Gasteiger partial charge in [0.25, 0.3) is 0 Å². The maximum Gasteiger partial charge on any atom is 0.418 e. The molecule has 0 aliphatic carbocycles. The lowest BCUT2D eigenvalue weighted by Gasteiger charge is -2.11. The minimum absolute atomic E-state index is 0.357. The Hall–Kier alpha value is -2.10. The summed E-state index contributed by atoms with van der Waals surface area (Å²) in [5, 5.41) is 1.73. The molecule has 0 saturated heterocycles. The number of ether oxygens (including phenoxy) is 1. The average Bonchev–Trinajstić information content (AvgIpc) is 2.51. The molecule has 0 aromatic heterocycles. The summed E-state index contributed by atoms with van der Waals surface area (Å²) in [7, 11) is 0. The fourth-order valence-electron chi connectivity index (χ4n) is 1.40. The zero-order chi connectivity index (χ0) is 11.4. The molecule has 0 unspecified atom stereocenters. The van der Waals surface area contributed by atoms with Crippen LogP contribution in [0.3, 0.4) is 0 Å². The molecule has 0 atom stereocenters. The molecule has 0 spiro atoms. The number of para-hydroxylation sites is 1. The van der Waals surface area contributed by atoms with Gasteiger partial charge in [0.05, 0.1) is 12.0 Å². The molecular formula is C12H12N2O2. The van der Waals surface area contributed by atoms with Crippen LogP contribution in [-0.4, -0.2) is 17.6 Å². The first kappa shape index (κ1) is 10.4. The van der Waals surface area contributed by atoms with Crippen LogP contribution in [0.15, 0.2) is 41.7 Å². The minimum atomic E-state index is -0.398. The highest BCUT2D eigenvalue weighted by Crippen LogP contribution is 1.98. The van der Waals surface area contributed by atoms with Crippen molar-refractivity contribution in [2.24, 2.45) is 4.99 Å². The second kappa shape index (κ2) is 4.61. The van der Waals surface area contributed by atoms with Gasteiger partial charge in [-0.25, -0.2) is 4.79 Å². The van der Waals surface area contributed by atoms with E-state index in [0.717, 1.165) is 10.6 Å². The number of carbonyl (C=O) groups is 1. The van der Waals surface area contributed by atoms with Crippen LogP contribution in [0.2, 0.25) is 0 Å². The number of benzene rings is 1. The average molecular weight is 216 g/mol. The minimum Gasteiger partial charge on any atom is -0.449 e. The summed E-state index contributed by atoms with van der Waals surface area (Å²) in [5.74, 6) is 0. The van der Waals surface area contributed by atoms with Gasteiger partial charge in [-0.3, -0.25) is 9.89 Å². The summed E-state index contributed by atoms with van der Waals surface area (Å²) >= 11 is 0. The largest absolute Gasteiger partial charge is 0.449 e. The van der Waals surface area contributed by atoms with Crippen molar-refractivity contribution >= 4 is 12.3 Å². The zero-order valence-corrected chi connectivity index (χ0v) is 8.96. The van der Waals surface area contributed by atoms with Gasteiger partial charge in [0.1, 0.15) is 0 Å². The molecule has 2 rings (SSSR count). The quantitative estimate of drug-likeness (QED) is 0.702. The van der Waals surface area contributed by atoms with Gasteiger partial charge in [0.2, 0.25) is 0 Å². The highest BCUT2D eigenvalue weighted by atomic mass is 16.5. The molecule has 1 amide bonds. The topological polar surface area (TPSA) is 41.9 Å². The number of hydrogen-bond donors (Lipinski definition) is 0. The van der Waals surface area contributed by atoms with E-state index >= 15 is 0 Å². The van der Waals surface area contributed by atoms with Crippen molar-refractivity contribution in [1.82, 2.24) is 4.90 Å². The van der Waals surface area contributed by atoms with E-state index in [1.807, 2.05) is 24.3 Å². The first-order valence-corrected chi connectivity index (χ1v) is 5.08. The van der Waals surface area contributed by atoms with Crippen molar-refractivity contribution in [3.05, 3.63) is 47.2 Å². The smallest absolute Gasteiger partial charge is 0.418 e. The first-order chi connectivity index (χ1) is 7.81. The number of amides is 1. The third-order valence-electron chi connectivity index (χ3n) is 2.13. The van der Waals surface area contributed by atoms with E-state index in [4.69, 9.17) is 4.74 Å². The van der Waals surface area contributed by atoms with Crippen LogP contribution >= 0.6 is 0 Å². The Morgan fingerprint density at radius 2 is 2.25 bits per heavy atom. The third-order valence-corrected chi connectivity index (χ3v) is 2.13. The Labute approximate surface area is 93.2 Å². The van der Waals surface area contributed by atoms with Gasteiger partial charge in [-0.15, -0.1) is 0 Å². The van der Waals surface area contributed by atoms with Gasteiger partial charge < -0.3 is 4.74 Å². The van der Waals surface area contributed by atoms with Gasteiger partial charge >= 0.3 is 6.09 Å². The maximum atomic E-state index is 11.5. The molecule has 1 aromatic carbocycles.